The molecule has 1 aliphatic rings. The van der Waals surface area contributed by atoms with Gasteiger partial charge in [-0.2, -0.15) is 0 Å². The van der Waals surface area contributed by atoms with E-state index in [1.54, 1.807) is 32.3 Å². The topological polar surface area (TPSA) is 88.4 Å². The summed E-state index contributed by atoms with van der Waals surface area (Å²) in [4.78, 5) is 29.0. The van der Waals surface area contributed by atoms with Crippen LogP contribution in [0.1, 0.15) is 5.56 Å². The van der Waals surface area contributed by atoms with Gasteiger partial charge in [0.25, 0.3) is 5.91 Å². The first-order chi connectivity index (χ1) is 11.4. The molecule has 128 valence electrons. The molecular formula is C15H15IN2O5S. The number of carbonyl (C=O) groups is 2. The van der Waals surface area contributed by atoms with Gasteiger partial charge in [0, 0.05) is 14.1 Å². The maximum absolute atomic E-state index is 12.2. The molecule has 0 saturated carbocycles. The van der Waals surface area contributed by atoms with Crippen LogP contribution in [0.2, 0.25) is 0 Å². The van der Waals surface area contributed by atoms with Gasteiger partial charge in [-0.3, -0.25) is 14.7 Å². The Kier molecular flexibility index (Phi) is 6.10. The summed E-state index contributed by atoms with van der Waals surface area (Å²) in [5.41, 5.74) is 0.750. The molecule has 0 unspecified atom stereocenters. The second-order valence-corrected chi connectivity index (χ2v) is 6.87. The molecule has 1 aromatic rings. The summed E-state index contributed by atoms with van der Waals surface area (Å²) in [7, 11) is 4.78. The summed E-state index contributed by atoms with van der Waals surface area (Å²) in [6.07, 6.45) is 1.74. The van der Waals surface area contributed by atoms with Crippen molar-refractivity contribution in [2.45, 2.75) is 0 Å². The first-order valence-electron chi connectivity index (χ1n) is 6.74. The van der Waals surface area contributed by atoms with Crippen molar-refractivity contribution in [1.29, 1.82) is 0 Å². The van der Waals surface area contributed by atoms with E-state index in [0.29, 0.717) is 25.1 Å². The van der Waals surface area contributed by atoms with Gasteiger partial charge < -0.3 is 14.6 Å². The SMILES string of the molecule is CN=C1SC(=Cc2cc(I)c(OCC(=O)O)c(OC)c2)C(=O)N1C. The fourth-order valence-corrected chi connectivity index (χ4v) is 3.71. The zero-order valence-electron chi connectivity index (χ0n) is 13.2. The Morgan fingerprint density at radius 2 is 2.21 bits per heavy atom. The lowest BCUT2D eigenvalue weighted by molar-refractivity contribution is -0.139. The normalized spacial score (nSPS) is 17.7. The Hall–Kier alpha value is -1.75. The number of aliphatic carboxylic acids is 1. The monoisotopic (exact) mass is 462 g/mol. The zero-order valence-corrected chi connectivity index (χ0v) is 16.2. The fourth-order valence-electron chi connectivity index (χ4n) is 2.00. The molecule has 0 spiro atoms. The lowest BCUT2D eigenvalue weighted by atomic mass is 10.2. The van der Waals surface area contributed by atoms with Crippen LogP contribution in [0.25, 0.3) is 6.08 Å². The van der Waals surface area contributed by atoms with Gasteiger partial charge in [0.05, 0.1) is 15.6 Å². The van der Waals surface area contributed by atoms with Gasteiger partial charge in [0.1, 0.15) is 0 Å². The number of amidine groups is 1. The molecule has 24 heavy (non-hydrogen) atoms. The highest BCUT2D eigenvalue weighted by Gasteiger charge is 2.29. The number of methoxy groups -OCH3 is 1. The van der Waals surface area contributed by atoms with Crippen molar-refractivity contribution in [2.75, 3.05) is 27.8 Å². The molecule has 1 saturated heterocycles. The fraction of sp³-hybridized carbons (Fsp3) is 0.267. The predicted octanol–water partition coefficient (Wildman–Crippen LogP) is 2.30. The van der Waals surface area contributed by atoms with E-state index in [9.17, 15) is 9.59 Å². The standard InChI is InChI=1S/C15H15IN2O5S/c1-17-15-18(2)14(21)11(24-15)6-8-4-9(16)13(10(5-8)22-3)23-7-12(19)20/h4-6H,7H2,1-3H3,(H,19,20). The molecule has 0 aromatic heterocycles. The Morgan fingerprint density at radius 1 is 1.50 bits per heavy atom. The number of carbonyl (C=O) groups excluding carboxylic acids is 1. The first kappa shape index (κ1) is 18.6. The average molecular weight is 462 g/mol. The lowest BCUT2D eigenvalue weighted by Crippen LogP contribution is -2.23. The van der Waals surface area contributed by atoms with E-state index in [0.717, 1.165) is 5.56 Å². The third kappa shape index (κ3) is 4.01. The number of thioether (sulfide) groups is 1. The molecule has 7 nitrogen and oxygen atoms in total. The number of hydrogen-bond donors (Lipinski definition) is 1. The molecule has 0 aliphatic carbocycles. The molecule has 1 heterocycles. The van der Waals surface area contributed by atoms with Crippen LogP contribution in [-0.4, -0.2) is 54.9 Å². The predicted molar refractivity (Wildman–Crippen MR) is 101 cm³/mol. The van der Waals surface area contributed by atoms with E-state index >= 15 is 0 Å². The molecule has 1 amide bonds. The summed E-state index contributed by atoms with van der Waals surface area (Å²) < 4.78 is 11.2. The van der Waals surface area contributed by atoms with Gasteiger partial charge in [0.15, 0.2) is 23.3 Å². The zero-order chi connectivity index (χ0) is 17.9. The highest BCUT2D eigenvalue weighted by molar-refractivity contribution is 14.1. The third-order valence-electron chi connectivity index (χ3n) is 3.08. The van der Waals surface area contributed by atoms with Crippen LogP contribution in [0.5, 0.6) is 11.5 Å². The summed E-state index contributed by atoms with van der Waals surface area (Å²) >= 11 is 3.33. The minimum atomic E-state index is -1.07. The van der Waals surface area contributed by atoms with Gasteiger partial charge in [0.2, 0.25) is 0 Å². The van der Waals surface area contributed by atoms with Gasteiger partial charge in [-0.05, 0) is 58.1 Å². The number of rotatable bonds is 5. The van der Waals surface area contributed by atoms with Crippen LogP contribution in [0, 0.1) is 3.57 Å². The van der Waals surface area contributed by atoms with Gasteiger partial charge in [-0.1, -0.05) is 0 Å². The Labute approximate surface area is 156 Å². The van der Waals surface area contributed by atoms with Crippen molar-refractivity contribution in [3.05, 3.63) is 26.2 Å². The van der Waals surface area contributed by atoms with E-state index in [-0.39, 0.29) is 5.91 Å². The smallest absolute Gasteiger partial charge is 0.341 e. The van der Waals surface area contributed by atoms with E-state index in [2.05, 4.69) is 4.99 Å². The summed E-state index contributed by atoms with van der Waals surface area (Å²) in [6, 6.07) is 3.49. The highest BCUT2D eigenvalue weighted by atomic mass is 127. The molecule has 0 radical (unpaired) electrons. The number of amides is 1. The van der Waals surface area contributed by atoms with E-state index in [1.165, 1.54) is 23.8 Å². The van der Waals surface area contributed by atoms with Gasteiger partial charge in [-0.15, -0.1) is 0 Å². The number of carboxylic acids is 1. The highest BCUT2D eigenvalue weighted by Crippen LogP contribution is 2.36. The van der Waals surface area contributed by atoms with Crippen LogP contribution < -0.4 is 9.47 Å². The summed E-state index contributed by atoms with van der Waals surface area (Å²) in [5, 5.41) is 9.38. The second kappa shape index (κ2) is 7.88. The van der Waals surface area contributed by atoms with Crippen molar-refractivity contribution in [2.24, 2.45) is 4.99 Å². The summed E-state index contributed by atoms with van der Waals surface area (Å²) in [5.74, 6) is -0.425. The Bertz CT molecular complexity index is 748. The quantitative estimate of drug-likeness (QED) is 0.534. The van der Waals surface area contributed by atoms with Gasteiger partial charge >= 0.3 is 5.97 Å². The maximum atomic E-state index is 12.2. The molecule has 1 N–H and O–H groups in total. The molecule has 1 fully saturated rings. The Morgan fingerprint density at radius 3 is 2.75 bits per heavy atom. The van der Waals surface area contributed by atoms with Crippen molar-refractivity contribution in [1.82, 2.24) is 4.90 Å². The van der Waals surface area contributed by atoms with Crippen LogP contribution in [-0.2, 0) is 9.59 Å². The maximum Gasteiger partial charge on any atom is 0.341 e. The molecular weight excluding hydrogens is 447 g/mol. The number of ether oxygens (including phenoxy) is 2. The first-order valence-corrected chi connectivity index (χ1v) is 8.63. The van der Waals surface area contributed by atoms with Crippen molar-refractivity contribution < 1.29 is 24.2 Å². The van der Waals surface area contributed by atoms with Crippen LogP contribution >= 0.6 is 34.4 Å². The number of halogens is 1. The van der Waals surface area contributed by atoms with E-state index < -0.39 is 12.6 Å². The minimum Gasteiger partial charge on any atom is -0.493 e. The Balaban J connectivity index is 2.36. The average Bonchev–Trinajstić information content (AvgIpc) is 2.81. The van der Waals surface area contributed by atoms with Crippen molar-refractivity contribution >= 4 is 57.5 Å². The van der Waals surface area contributed by atoms with Gasteiger partial charge in [-0.25, -0.2) is 4.79 Å². The largest absolute Gasteiger partial charge is 0.493 e. The van der Waals surface area contributed by atoms with Crippen LogP contribution in [0.3, 0.4) is 0 Å². The number of aliphatic imine (C=N–C) groups is 1. The second-order valence-electron chi connectivity index (χ2n) is 4.70. The molecule has 0 bridgehead atoms. The number of benzene rings is 1. The molecule has 9 heteroatoms. The van der Waals surface area contributed by atoms with Crippen LogP contribution in [0.15, 0.2) is 22.0 Å². The third-order valence-corrected chi connectivity index (χ3v) is 5.04. The molecule has 1 aliphatic heterocycles. The minimum absolute atomic E-state index is 0.124. The molecule has 0 atom stereocenters. The van der Waals surface area contributed by atoms with E-state index in [1.807, 2.05) is 22.6 Å². The molecule has 1 aromatic carbocycles. The van der Waals surface area contributed by atoms with E-state index in [4.69, 9.17) is 14.6 Å². The lowest BCUT2D eigenvalue weighted by Gasteiger charge is -2.12. The van der Waals surface area contributed by atoms with Crippen molar-refractivity contribution in [3.63, 3.8) is 0 Å². The number of carboxylic acid groups (broad SMARTS) is 1. The number of nitrogens with zero attached hydrogens (tertiary/aromatic N) is 2. The number of likely N-dealkylation sites (N-methyl/N-ethyl adjacent to an activating group) is 1. The van der Waals surface area contributed by atoms with Crippen LogP contribution in [0.4, 0.5) is 0 Å². The molecule has 2 rings (SSSR count). The van der Waals surface area contributed by atoms with Crippen molar-refractivity contribution in [3.8, 4) is 11.5 Å². The summed E-state index contributed by atoms with van der Waals surface area (Å²) in [6.45, 7) is -0.456. The number of hydrogen-bond acceptors (Lipinski definition) is 6.